The molecule has 2 nitrogen and oxygen atoms in total. The summed E-state index contributed by atoms with van der Waals surface area (Å²) in [6.07, 6.45) is 8.92. The van der Waals surface area contributed by atoms with Crippen LogP contribution in [0.1, 0.15) is 33.6 Å². The molecule has 19 heavy (non-hydrogen) atoms. The van der Waals surface area contributed by atoms with Crippen LogP contribution in [0.5, 0.6) is 0 Å². The third-order valence-corrected chi connectivity index (χ3v) is 3.45. The molecule has 108 valence electrons. The standard InChI is InChI=1S/C16H26FNO/c1-4-5-6-16(17)13(2)11-15-7-9-18(10-8-15)12-14(3)19/h4-6,11,14-15,19H,7-10,12H2,1-3H3/b5-4-,13-11?,16-6+. The number of halogens is 1. The minimum absolute atomic E-state index is 0.149. The molecule has 1 atom stereocenters. The van der Waals surface area contributed by atoms with Crippen molar-refractivity contribution >= 4 is 0 Å². The van der Waals surface area contributed by atoms with Crippen LogP contribution in [0.25, 0.3) is 0 Å². The highest BCUT2D eigenvalue weighted by atomic mass is 19.1. The molecule has 1 rings (SSSR count). The monoisotopic (exact) mass is 267 g/mol. The summed E-state index contributed by atoms with van der Waals surface area (Å²) in [6.45, 7) is 8.24. The minimum Gasteiger partial charge on any atom is -0.392 e. The fourth-order valence-corrected chi connectivity index (χ4v) is 2.42. The summed E-state index contributed by atoms with van der Waals surface area (Å²) in [7, 11) is 0. The van der Waals surface area contributed by atoms with Crippen LogP contribution >= 0.6 is 0 Å². The molecular weight excluding hydrogens is 241 g/mol. The number of hydrogen-bond donors (Lipinski definition) is 1. The molecule has 0 saturated carbocycles. The van der Waals surface area contributed by atoms with Crippen molar-refractivity contribution in [1.29, 1.82) is 0 Å². The van der Waals surface area contributed by atoms with Gasteiger partial charge in [0.1, 0.15) is 5.83 Å². The van der Waals surface area contributed by atoms with Gasteiger partial charge in [-0.25, -0.2) is 4.39 Å². The van der Waals surface area contributed by atoms with Gasteiger partial charge in [0, 0.05) is 6.54 Å². The summed E-state index contributed by atoms with van der Waals surface area (Å²) in [5.74, 6) is 0.305. The quantitative estimate of drug-likeness (QED) is 0.771. The van der Waals surface area contributed by atoms with Gasteiger partial charge < -0.3 is 10.0 Å². The Bertz CT molecular complexity index is 350. The van der Waals surface area contributed by atoms with Crippen molar-refractivity contribution in [2.24, 2.45) is 5.92 Å². The van der Waals surface area contributed by atoms with Crippen LogP contribution < -0.4 is 0 Å². The number of aliphatic hydroxyl groups excluding tert-OH is 1. The highest BCUT2D eigenvalue weighted by molar-refractivity contribution is 5.27. The third-order valence-electron chi connectivity index (χ3n) is 3.45. The lowest BCUT2D eigenvalue weighted by atomic mass is 9.94. The van der Waals surface area contributed by atoms with E-state index in [-0.39, 0.29) is 11.9 Å². The van der Waals surface area contributed by atoms with E-state index in [0.29, 0.717) is 5.92 Å². The van der Waals surface area contributed by atoms with E-state index in [1.165, 1.54) is 6.08 Å². The van der Waals surface area contributed by atoms with Crippen LogP contribution in [0.3, 0.4) is 0 Å². The Morgan fingerprint density at radius 3 is 2.58 bits per heavy atom. The number of allylic oxidation sites excluding steroid dienone is 6. The smallest absolute Gasteiger partial charge is 0.125 e. The van der Waals surface area contributed by atoms with Crippen molar-refractivity contribution in [2.45, 2.75) is 39.7 Å². The highest BCUT2D eigenvalue weighted by Crippen LogP contribution is 2.22. The Morgan fingerprint density at radius 2 is 2.05 bits per heavy atom. The van der Waals surface area contributed by atoms with Crippen molar-refractivity contribution in [3.8, 4) is 0 Å². The maximum atomic E-state index is 13.7. The van der Waals surface area contributed by atoms with E-state index < -0.39 is 0 Å². The molecule has 0 bridgehead atoms. The van der Waals surface area contributed by atoms with Crippen LogP contribution in [0.4, 0.5) is 4.39 Å². The molecule has 1 N–H and O–H groups in total. The maximum absolute atomic E-state index is 13.7. The van der Waals surface area contributed by atoms with Gasteiger partial charge in [-0.05, 0) is 64.3 Å². The number of rotatable bonds is 5. The van der Waals surface area contributed by atoms with Gasteiger partial charge >= 0.3 is 0 Å². The van der Waals surface area contributed by atoms with Gasteiger partial charge in [0.2, 0.25) is 0 Å². The first-order valence-corrected chi connectivity index (χ1v) is 7.10. The molecule has 0 radical (unpaired) electrons. The van der Waals surface area contributed by atoms with Crippen LogP contribution in [-0.4, -0.2) is 35.7 Å². The number of likely N-dealkylation sites (tertiary alicyclic amines) is 1. The van der Waals surface area contributed by atoms with Crippen LogP contribution in [0, 0.1) is 5.92 Å². The van der Waals surface area contributed by atoms with Crippen molar-refractivity contribution in [3.63, 3.8) is 0 Å². The molecule has 3 heteroatoms. The summed E-state index contributed by atoms with van der Waals surface area (Å²) < 4.78 is 13.7. The summed E-state index contributed by atoms with van der Waals surface area (Å²) in [4.78, 5) is 2.27. The molecule has 1 saturated heterocycles. The van der Waals surface area contributed by atoms with Crippen LogP contribution in [0.15, 0.2) is 35.7 Å². The Kier molecular flexibility index (Phi) is 7.03. The zero-order chi connectivity index (χ0) is 14.3. The first kappa shape index (κ1) is 16.1. The van der Waals surface area contributed by atoms with Crippen molar-refractivity contribution in [1.82, 2.24) is 4.90 Å². The molecule has 1 aliphatic rings. The molecule has 1 fully saturated rings. The number of hydrogen-bond acceptors (Lipinski definition) is 2. The first-order valence-electron chi connectivity index (χ1n) is 7.10. The molecule has 0 spiro atoms. The second-order valence-electron chi connectivity index (χ2n) is 5.38. The van der Waals surface area contributed by atoms with Gasteiger partial charge in [-0.1, -0.05) is 18.2 Å². The molecule has 1 unspecified atom stereocenters. The van der Waals surface area contributed by atoms with E-state index in [0.717, 1.165) is 38.0 Å². The number of aliphatic hydroxyl groups is 1. The molecule has 1 aliphatic heterocycles. The van der Waals surface area contributed by atoms with Crippen LogP contribution in [0.2, 0.25) is 0 Å². The molecule has 0 aromatic heterocycles. The predicted molar refractivity (Wildman–Crippen MR) is 78.6 cm³/mol. The number of piperidine rings is 1. The summed E-state index contributed by atoms with van der Waals surface area (Å²) >= 11 is 0. The topological polar surface area (TPSA) is 23.5 Å². The zero-order valence-corrected chi connectivity index (χ0v) is 12.3. The highest BCUT2D eigenvalue weighted by Gasteiger charge is 2.18. The van der Waals surface area contributed by atoms with E-state index in [2.05, 4.69) is 11.0 Å². The Balaban J connectivity index is 2.47. The number of nitrogens with zero attached hydrogens (tertiary/aromatic N) is 1. The normalized spacial score (nSPS) is 22.2. The lowest BCUT2D eigenvalue weighted by Crippen LogP contribution is -2.37. The van der Waals surface area contributed by atoms with Gasteiger partial charge in [0.25, 0.3) is 0 Å². The summed E-state index contributed by atoms with van der Waals surface area (Å²) in [6, 6.07) is 0. The van der Waals surface area contributed by atoms with Gasteiger partial charge in [-0.3, -0.25) is 0 Å². The van der Waals surface area contributed by atoms with Gasteiger partial charge in [0.15, 0.2) is 0 Å². The lowest BCUT2D eigenvalue weighted by molar-refractivity contribution is 0.106. The zero-order valence-electron chi connectivity index (χ0n) is 12.3. The van der Waals surface area contributed by atoms with Crippen molar-refractivity contribution in [2.75, 3.05) is 19.6 Å². The van der Waals surface area contributed by atoms with Gasteiger partial charge in [-0.15, -0.1) is 0 Å². The summed E-state index contributed by atoms with van der Waals surface area (Å²) in [5, 5.41) is 9.35. The second kappa shape index (κ2) is 8.28. The van der Waals surface area contributed by atoms with Gasteiger partial charge in [0.05, 0.1) is 6.10 Å². The minimum atomic E-state index is -0.268. The van der Waals surface area contributed by atoms with E-state index >= 15 is 0 Å². The van der Waals surface area contributed by atoms with Crippen molar-refractivity contribution < 1.29 is 9.50 Å². The molecule has 1 heterocycles. The molecule has 0 aromatic carbocycles. The van der Waals surface area contributed by atoms with E-state index in [1.807, 2.05) is 26.8 Å². The Morgan fingerprint density at radius 1 is 1.42 bits per heavy atom. The van der Waals surface area contributed by atoms with E-state index in [9.17, 15) is 9.50 Å². The first-order chi connectivity index (χ1) is 9.02. The fourth-order valence-electron chi connectivity index (χ4n) is 2.42. The maximum Gasteiger partial charge on any atom is 0.125 e. The Hall–Kier alpha value is -0.930. The number of β-amino-alcohol motifs (C(OH)–C–C–N with tert-alkyl or cyclic N) is 1. The lowest BCUT2D eigenvalue weighted by Gasteiger charge is -2.31. The third kappa shape index (κ3) is 6.17. The summed E-state index contributed by atoms with van der Waals surface area (Å²) in [5.41, 5.74) is 0.729. The molecule has 0 aromatic rings. The van der Waals surface area contributed by atoms with Crippen LogP contribution in [-0.2, 0) is 0 Å². The molecular formula is C16H26FNO. The average Bonchev–Trinajstić information content (AvgIpc) is 2.37. The van der Waals surface area contributed by atoms with E-state index in [1.54, 1.807) is 6.08 Å². The second-order valence-corrected chi connectivity index (χ2v) is 5.38. The average molecular weight is 267 g/mol. The van der Waals surface area contributed by atoms with Gasteiger partial charge in [-0.2, -0.15) is 0 Å². The largest absolute Gasteiger partial charge is 0.392 e. The molecule has 0 aliphatic carbocycles. The van der Waals surface area contributed by atoms with Crippen molar-refractivity contribution in [3.05, 3.63) is 35.7 Å². The Labute approximate surface area is 116 Å². The predicted octanol–water partition coefficient (Wildman–Crippen LogP) is 3.46. The molecule has 0 amide bonds. The SMILES string of the molecule is C/C=C\C=C(\F)C(C)=CC1CCN(CC(C)O)CC1. The fraction of sp³-hybridized carbons (Fsp3) is 0.625. The van der Waals surface area contributed by atoms with E-state index in [4.69, 9.17) is 0 Å².